The Morgan fingerprint density at radius 3 is 1.98 bits per heavy atom. The van der Waals surface area contributed by atoms with E-state index in [-0.39, 0.29) is 32.2 Å². The average Bonchev–Trinajstić information content (AvgIpc) is 3.79. The van der Waals surface area contributed by atoms with E-state index in [2.05, 4.69) is 162 Å². The van der Waals surface area contributed by atoms with Gasteiger partial charge in [-0.3, -0.25) is 4.89 Å². The van der Waals surface area contributed by atoms with Crippen molar-refractivity contribution in [2.24, 2.45) is 0 Å². The molecule has 0 fully saturated rings. The van der Waals surface area contributed by atoms with Gasteiger partial charge < -0.3 is 4.57 Å². The van der Waals surface area contributed by atoms with Crippen LogP contribution in [0.3, 0.4) is 0 Å². The Hall–Kier alpha value is -6.14. The summed E-state index contributed by atoms with van der Waals surface area (Å²) >= 11 is 0. The number of hydrogen-bond acceptors (Lipinski definition) is 4. The van der Waals surface area contributed by atoms with Crippen LogP contribution in [0, 0.1) is 12.1 Å². The first-order chi connectivity index (χ1) is 26.8. The van der Waals surface area contributed by atoms with E-state index < -0.39 is 11.4 Å². The van der Waals surface area contributed by atoms with Gasteiger partial charge in [-0.1, -0.05) is 90.4 Å². The molecule has 0 aliphatic rings. The molecule has 6 aromatic carbocycles. The van der Waals surface area contributed by atoms with Crippen molar-refractivity contribution >= 4 is 38.8 Å². The Labute approximate surface area is 339 Å². The van der Waals surface area contributed by atoms with Gasteiger partial charge in [0.2, 0.25) is 0 Å². The molecule has 9 rings (SSSR count). The summed E-state index contributed by atoms with van der Waals surface area (Å²) in [5.41, 5.74) is 7.97. The Morgan fingerprint density at radius 2 is 1.30 bits per heavy atom. The Kier molecular flexibility index (Phi) is 9.53. The molecule has 0 spiro atoms. The smallest absolute Gasteiger partial charge is 0.319 e. The van der Waals surface area contributed by atoms with E-state index in [1.807, 2.05) is 34.9 Å². The molecule has 3 heterocycles. The predicted molar refractivity (Wildman–Crippen MR) is 217 cm³/mol. The van der Waals surface area contributed by atoms with Gasteiger partial charge in [0.1, 0.15) is 5.82 Å². The van der Waals surface area contributed by atoms with Gasteiger partial charge in [0.05, 0.1) is 11.1 Å². The number of nitrogens with zero attached hydrogens (tertiary/aromatic N) is 4. The number of benzene rings is 6. The molecule has 0 bridgehead atoms. The fraction of sp³-hybridized carbons (Fsp3) is 0.104. The molecule has 3 aromatic heterocycles. The van der Waals surface area contributed by atoms with Crippen molar-refractivity contribution in [1.82, 2.24) is 18.7 Å². The van der Waals surface area contributed by atoms with Crippen LogP contribution in [0.25, 0.3) is 44.3 Å². The fourth-order valence-corrected chi connectivity index (χ4v) is 8.03. The van der Waals surface area contributed by atoms with Gasteiger partial charge >= 0.3 is 5.97 Å². The number of para-hydroxylation sites is 3. The summed E-state index contributed by atoms with van der Waals surface area (Å²) in [6.45, 7) is 6.65. The van der Waals surface area contributed by atoms with Crippen molar-refractivity contribution in [3.63, 3.8) is 0 Å². The van der Waals surface area contributed by atoms with Crippen LogP contribution < -0.4 is 0 Å². The summed E-state index contributed by atoms with van der Waals surface area (Å²) < 4.78 is 6.56. The molecular formula is C48H37N4O3Pt-. The topological polar surface area (TPSA) is 74.2 Å². The number of rotatable bonds is 7. The summed E-state index contributed by atoms with van der Waals surface area (Å²) in [6.07, 6.45) is 3.72. The zero-order valence-corrected chi connectivity index (χ0v) is 33.2. The van der Waals surface area contributed by atoms with E-state index in [4.69, 9.17) is 4.98 Å². The number of hydrogen-bond donors (Lipinski definition) is 1. The van der Waals surface area contributed by atoms with Crippen LogP contribution in [0.5, 0.6) is 0 Å². The molecule has 0 amide bonds. The average molecular weight is 913 g/mol. The van der Waals surface area contributed by atoms with Crippen LogP contribution in [0.4, 0.5) is 0 Å². The van der Waals surface area contributed by atoms with Crippen LogP contribution in [0.15, 0.2) is 164 Å². The third-order valence-corrected chi connectivity index (χ3v) is 10.5. The van der Waals surface area contributed by atoms with Crippen molar-refractivity contribution in [1.29, 1.82) is 0 Å². The van der Waals surface area contributed by atoms with Gasteiger partial charge in [-0.05, 0) is 67.6 Å². The molecular weight excluding hydrogens is 876 g/mol. The third-order valence-electron chi connectivity index (χ3n) is 10.5. The van der Waals surface area contributed by atoms with Gasteiger partial charge in [-0.25, -0.2) is 18.9 Å². The zero-order valence-electron chi connectivity index (χ0n) is 31.0. The molecule has 0 saturated heterocycles. The number of aromatic nitrogens is 4. The number of pyridine rings is 1. The van der Waals surface area contributed by atoms with E-state index in [9.17, 15) is 10.1 Å². The van der Waals surface area contributed by atoms with Gasteiger partial charge in [0.25, 0.3) is 0 Å². The first kappa shape index (κ1) is 36.8. The summed E-state index contributed by atoms with van der Waals surface area (Å²) in [5.74, 6) is -0.368. The molecule has 9 aromatic rings. The second-order valence-electron chi connectivity index (χ2n) is 14.7. The maximum absolute atomic E-state index is 12.4. The van der Waals surface area contributed by atoms with E-state index in [0.717, 1.165) is 60.8 Å². The van der Waals surface area contributed by atoms with Crippen LogP contribution in [-0.4, -0.2) is 29.9 Å². The van der Waals surface area contributed by atoms with Gasteiger partial charge in [0.15, 0.2) is 17.4 Å². The van der Waals surface area contributed by atoms with Gasteiger partial charge in [-0.2, -0.15) is 35.6 Å². The first-order valence-electron chi connectivity index (χ1n) is 18.2. The minimum atomic E-state index is -0.868. The summed E-state index contributed by atoms with van der Waals surface area (Å²) in [6, 6.07) is 59.4. The minimum Gasteiger partial charge on any atom is -0.319 e. The molecule has 0 radical (unpaired) electrons. The molecule has 278 valence electrons. The number of carbonyl (C=O) groups excluding carboxylic acids is 1. The van der Waals surface area contributed by atoms with Crippen LogP contribution in [0.2, 0.25) is 0 Å². The molecule has 0 aliphatic carbocycles. The Morgan fingerprint density at radius 1 is 0.679 bits per heavy atom. The molecule has 7 nitrogen and oxygen atoms in total. The standard InChI is InChI=1S/C48H37N4O3.Pt/c1-47(2,3)51-32-50(42-23-12-13-24-43(42)51)38-20-14-19-36(30-38)48(34-15-6-4-7-16-34,35-17-8-5-9-18-35)37-25-26-40-39-21-10-11-22-41(39)52(44(40)31-37)45-29-33(27-28-49-45)46(53)55-54;/h4-29,32,54H,1-3H3;/q-1;. The number of carbonyl (C=O) groups is 1. The summed E-state index contributed by atoms with van der Waals surface area (Å²) in [4.78, 5) is 21.2. The van der Waals surface area contributed by atoms with E-state index in [0.29, 0.717) is 5.82 Å². The first-order valence-corrected chi connectivity index (χ1v) is 18.2. The molecule has 1 N–H and O–H groups in total. The monoisotopic (exact) mass is 912 g/mol. The molecule has 8 heteroatoms. The van der Waals surface area contributed by atoms with E-state index in [1.165, 1.54) is 6.07 Å². The predicted octanol–water partition coefficient (Wildman–Crippen LogP) is 10.6. The second-order valence-corrected chi connectivity index (χ2v) is 14.7. The molecule has 0 saturated carbocycles. The van der Waals surface area contributed by atoms with Crippen molar-refractivity contribution in [3.05, 3.63) is 204 Å². The number of imidazole rings is 1. The number of fused-ring (bicyclic) bond motifs is 4. The SMILES string of the molecule is CC(C)(C)n1[cH+]n(-c2[c-]c(C(c3[c-]c4c(cc3)c3ccccc3n4-c3cc(C(=O)OO)ccn3)(c3ccccc3)c3ccccc3)ccc2)c2ccccc21.[Pt]. The van der Waals surface area contributed by atoms with Crippen molar-refractivity contribution in [2.75, 3.05) is 0 Å². The van der Waals surface area contributed by atoms with Crippen molar-refractivity contribution in [3.8, 4) is 11.5 Å². The molecule has 56 heavy (non-hydrogen) atoms. The summed E-state index contributed by atoms with van der Waals surface area (Å²) in [7, 11) is 0. The normalized spacial score (nSPS) is 11.9. The van der Waals surface area contributed by atoms with Crippen LogP contribution >= 0.6 is 0 Å². The molecule has 0 unspecified atom stereocenters. The van der Waals surface area contributed by atoms with Gasteiger partial charge in [0, 0.05) is 56.0 Å². The molecule has 0 atom stereocenters. The fourth-order valence-electron chi connectivity index (χ4n) is 8.03. The van der Waals surface area contributed by atoms with Crippen molar-refractivity contribution in [2.45, 2.75) is 31.7 Å². The largest absolute Gasteiger partial charge is 0.372 e. The zero-order chi connectivity index (χ0) is 37.7. The molecule has 0 aliphatic heterocycles. The third kappa shape index (κ3) is 5.95. The van der Waals surface area contributed by atoms with Crippen LogP contribution in [-0.2, 0) is 36.9 Å². The Balaban J connectivity index is 0.00000441. The quantitative estimate of drug-likeness (QED) is 0.0748. The van der Waals surface area contributed by atoms with Crippen molar-refractivity contribution < 1.29 is 36.0 Å². The van der Waals surface area contributed by atoms with E-state index in [1.54, 1.807) is 12.3 Å². The van der Waals surface area contributed by atoms with Gasteiger partial charge in [-0.15, -0.1) is 22.6 Å². The van der Waals surface area contributed by atoms with E-state index >= 15 is 0 Å². The van der Waals surface area contributed by atoms with Crippen LogP contribution in [0.1, 0.15) is 53.4 Å². The maximum atomic E-state index is 12.4. The summed E-state index contributed by atoms with van der Waals surface area (Å²) in [5, 5.41) is 11.2. The maximum Gasteiger partial charge on any atom is 0.372 e. The second kappa shape index (κ2) is 14.5. The Bertz CT molecular complexity index is 2840. The minimum absolute atomic E-state index is 0.